The Kier molecular flexibility index (Phi) is 3.84. The Balaban J connectivity index is 1.84. The van der Waals surface area contributed by atoms with Crippen molar-refractivity contribution in [3.63, 3.8) is 0 Å². The van der Waals surface area contributed by atoms with Crippen molar-refractivity contribution >= 4 is 0 Å². The van der Waals surface area contributed by atoms with E-state index in [1.54, 1.807) is 19.2 Å². The summed E-state index contributed by atoms with van der Waals surface area (Å²) >= 11 is 0. The number of H-pyrrole nitrogens is 1. The van der Waals surface area contributed by atoms with Gasteiger partial charge in [-0.2, -0.15) is 5.10 Å². The molecule has 22 heavy (non-hydrogen) atoms. The third-order valence-corrected chi connectivity index (χ3v) is 3.37. The highest BCUT2D eigenvalue weighted by atomic mass is 19.1. The summed E-state index contributed by atoms with van der Waals surface area (Å²) in [6.07, 6.45) is 0. The molecule has 1 heterocycles. The summed E-state index contributed by atoms with van der Waals surface area (Å²) in [6, 6.07) is 12.9. The van der Waals surface area contributed by atoms with Crippen molar-refractivity contribution in [1.82, 2.24) is 15.2 Å². The molecule has 0 bridgehead atoms. The molecular formula is C16H15FN4O. The SMILES string of the molecule is COc1ccc(-c2n[nH]c(C(N)c3ccc(F)cc3)n2)cc1. The second kappa shape index (κ2) is 5.95. The predicted molar refractivity (Wildman–Crippen MR) is 80.8 cm³/mol. The molecule has 112 valence electrons. The fourth-order valence-electron chi connectivity index (χ4n) is 2.11. The number of hydrogen-bond acceptors (Lipinski definition) is 4. The minimum absolute atomic E-state index is 0.299. The zero-order chi connectivity index (χ0) is 15.5. The molecule has 1 unspecified atom stereocenters. The number of hydrogen-bond donors (Lipinski definition) is 2. The fourth-order valence-corrected chi connectivity index (χ4v) is 2.11. The third kappa shape index (κ3) is 2.82. The zero-order valence-corrected chi connectivity index (χ0v) is 12.0. The van der Waals surface area contributed by atoms with E-state index in [9.17, 15) is 4.39 Å². The van der Waals surface area contributed by atoms with Crippen molar-refractivity contribution < 1.29 is 9.13 Å². The molecule has 0 radical (unpaired) electrons. The van der Waals surface area contributed by atoms with Gasteiger partial charge in [0.1, 0.15) is 17.4 Å². The van der Waals surface area contributed by atoms with Gasteiger partial charge in [-0.15, -0.1) is 0 Å². The number of ether oxygens (including phenoxy) is 1. The standard InChI is InChI=1S/C16H15FN4O/c1-22-13-8-4-11(5-9-13)15-19-16(21-20-15)14(18)10-2-6-12(17)7-3-10/h2-9,14H,18H2,1H3,(H,19,20,21). The number of methoxy groups -OCH3 is 1. The van der Waals surface area contributed by atoms with Crippen molar-refractivity contribution in [2.45, 2.75) is 6.04 Å². The lowest BCUT2D eigenvalue weighted by atomic mass is 10.1. The Labute approximate surface area is 127 Å². The van der Waals surface area contributed by atoms with Crippen LogP contribution in [0.2, 0.25) is 0 Å². The van der Waals surface area contributed by atoms with Crippen LogP contribution >= 0.6 is 0 Å². The molecule has 0 saturated heterocycles. The van der Waals surface area contributed by atoms with Crippen molar-refractivity contribution in [1.29, 1.82) is 0 Å². The van der Waals surface area contributed by atoms with E-state index in [0.29, 0.717) is 11.6 Å². The minimum Gasteiger partial charge on any atom is -0.497 e. The normalized spacial score (nSPS) is 12.1. The Hall–Kier alpha value is -2.73. The maximum absolute atomic E-state index is 13.0. The fraction of sp³-hybridized carbons (Fsp3) is 0.125. The van der Waals surface area contributed by atoms with Gasteiger partial charge >= 0.3 is 0 Å². The maximum Gasteiger partial charge on any atom is 0.181 e. The number of nitrogens with two attached hydrogens (primary N) is 1. The third-order valence-electron chi connectivity index (χ3n) is 3.37. The summed E-state index contributed by atoms with van der Waals surface area (Å²) in [5.74, 6) is 1.54. The second-order valence-corrected chi connectivity index (χ2v) is 4.80. The van der Waals surface area contributed by atoms with E-state index in [-0.39, 0.29) is 5.82 Å². The van der Waals surface area contributed by atoms with Crippen LogP contribution in [0.25, 0.3) is 11.4 Å². The number of rotatable bonds is 4. The summed E-state index contributed by atoms with van der Waals surface area (Å²) in [5.41, 5.74) is 7.75. The van der Waals surface area contributed by atoms with Gasteiger partial charge in [0.2, 0.25) is 0 Å². The number of aromatic amines is 1. The second-order valence-electron chi connectivity index (χ2n) is 4.80. The minimum atomic E-state index is -0.486. The highest BCUT2D eigenvalue weighted by molar-refractivity contribution is 5.56. The monoisotopic (exact) mass is 298 g/mol. The molecule has 0 aliphatic rings. The lowest BCUT2D eigenvalue weighted by molar-refractivity contribution is 0.415. The van der Waals surface area contributed by atoms with Gasteiger partial charge < -0.3 is 10.5 Å². The predicted octanol–water partition coefficient (Wildman–Crippen LogP) is 2.67. The van der Waals surface area contributed by atoms with Crippen LogP contribution in [-0.4, -0.2) is 22.3 Å². The molecule has 0 aliphatic heterocycles. The molecule has 0 fully saturated rings. The van der Waals surface area contributed by atoms with Gasteiger partial charge in [-0.05, 0) is 42.0 Å². The number of nitrogens with zero attached hydrogens (tertiary/aromatic N) is 2. The lowest BCUT2D eigenvalue weighted by Crippen LogP contribution is -2.13. The van der Waals surface area contributed by atoms with Crippen LogP contribution in [0.5, 0.6) is 5.75 Å². The van der Waals surface area contributed by atoms with Crippen LogP contribution in [0, 0.1) is 5.82 Å². The first-order chi connectivity index (χ1) is 10.7. The molecule has 3 N–H and O–H groups in total. The first-order valence-corrected chi connectivity index (χ1v) is 6.75. The van der Waals surface area contributed by atoms with Crippen molar-refractivity contribution in [2.24, 2.45) is 5.73 Å². The van der Waals surface area contributed by atoms with E-state index < -0.39 is 6.04 Å². The summed E-state index contributed by atoms with van der Waals surface area (Å²) < 4.78 is 18.1. The first-order valence-electron chi connectivity index (χ1n) is 6.75. The van der Waals surface area contributed by atoms with Crippen LogP contribution in [0.3, 0.4) is 0 Å². The highest BCUT2D eigenvalue weighted by Crippen LogP contribution is 2.22. The van der Waals surface area contributed by atoms with Crippen molar-refractivity contribution in [3.8, 4) is 17.1 Å². The van der Waals surface area contributed by atoms with Gasteiger partial charge in [-0.1, -0.05) is 12.1 Å². The Morgan fingerprint density at radius 3 is 2.41 bits per heavy atom. The molecule has 0 aliphatic carbocycles. The molecule has 1 aromatic heterocycles. The summed E-state index contributed by atoms with van der Waals surface area (Å²) in [4.78, 5) is 4.41. The molecule has 0 amide bonds. The van der Waals surface area contributed by atoms with Gasteiger partial charge in [0, 0.05) is 5.56 Å². The zero-order valence-electron chi connectivity index (χ0n) is 12.0. The number of nitrogens with one attached hydrogen (secondary N) is 1. The van der Waals surface area contributed by atoms with Gasteiger partial charge in [0.15, 0.2) is 5.82 Å². The molecule has 5 nitrogen and oxygen atoms in total. The van der Waals surface area contributed by atoms with E-state index >= 15 is 0 Å². The topological polar surface area (TPSA) is 76.8 Å². The van der Waals surface area contributed by atoms with Gasteiger partial charge in [0.05, 0.1) is 13.2 Å². The number of aromatic nitrogens is 3. The Morgan fingerprint density at radius 1 is 1.09 bits per heavy atom. The molecule has 3 aromatic rings. The quantitative estimate of drug-likeness (QED) is 0.776. The summed E-state index contributed by atoms with van der Waals surface area (Å²) in [7, 11) is 1.61. The van der Waals surface area contributed by atoms with Gasteiger partial charge in [0.25, 0.3) is 0 Å². The number of benzene rings is 2. The largest absolute Gasteiger partial charge is 0.497 e. The average Bonchev–Trinajstić information content (AvgIpc) is 3.05. The molecule has 1 atom stereocenters. The maximum atomic E-state index is 13.0. The van der Waals surface area contributed by atoms with Gasteiger partial charge in [-0.25, -0.2) is 9.37 Å². The van der Waals surface area contributed by atoms with Crippen LogP contribution in [0.15, 0.2) is 48.5 Å². The molecule has 0 saturated carbocycles. The van der Waals surface area contributed by atoms with Crippen LogP contribution < -0.4 is 10.5 Å². The molecule has 2 aromatic carbocycles. The molecule has 6 heteroatoms. The van der Waals surface area contributed by atoms with E-state index in [1.165, 1.54) is 12.1 Å². The first kappa shape index (κ1) is 14.2. The van der Waals surface area contributed by atoms with E-state index in [2.05, 4.69) is 15.2 Å². The van der Waals surface area contributed by atoms with Crippen LogP contribution in [0.4, 0.5) is 4.39 Å². The Bertz CT molecular complexity index is 753. The van der Waals surface area contributed by atoms with Crippen LogP contribution in [0.1, 0.15) is 17.4 Å². The molecule has 3 rings (SSSR count). The molecular weight excluding hydrogens is 283 g/mol. The molecule has 0 spiro atoms. The number of halogens is 1. The van der Waals surface area contributed by atoms with Crippen LogP contribution in [-0.2, 0) is 0 Å². The van der Waals surface area contributed by atoms with Gasteiger partial charge in [-0.3, -0.25) is 5.10 Å². The van der Waals surface area contributed by atoms with Crippen molar-refractivity contribution in [3.05, 3.63) is 65.7 Å². The summed E-state index contributed by atoms with van der Waals surface area (Å²) in [6.45, 7) is 0. The van der Waals surface area contributed by atoms with E-state index in [1.807, 2.05) is 24.3 Å². The van der Waals surface area contributed by atoms with E-state index in [0.717, 1.165) is 16.9 Å². The smallest absolute Gasteiger partial charge is 0.181 e. The van der Waals surface area contributed by atoms with E-state index in [4.69, 9.17) is 10.5 Å². The average molecular weight is 298 g/mol. The Morgan fingerprint density at radius 2 is 1.77 bits per heavy atom. The van der Waals surface area contributed by atoms with Crippen molar-refractivity contribution in [2.75, 3.05) is 7.11 Å². The lowest BCUT2D eigenvalue weighted by Gasteiger charge is -2.07. The highest BCUT2D eigenvalue weighted by Gasteiger charge is 2.14. The summed E-state index contributed by atoms with van der Waals surface area (Å²) in [5, 5.41) is 7.01.